The number of thiophene rings is 1. The van der Waals surface area contributed by atoms with Crippen molar-refractivity contribution in [2.75, 3.05) is 4.72 Å². The summed E-state index contributed by atoms with van der Waals surface area (Å²) in [5.41, 5.74) is 0.0133. The van der Waals surface area contributed by atoms with Gasteiger partial charge in [0.15, 0.2) is 0 Å². The van der Waals surface area contributed by atoms with E-state index in [1.54, 1.807) is 0 Å². The Balaban J connectivity index is 2.33. The number of aromatic carboxylic acids is 1. The Kier molecular flexibility index (Phi) is 4.18. The average molecular weight is 343 g/mol. The summed E-state index contributed by atoms with van der Waals surface area (Å²) in [6.45, 7) is 0. The molecule has 6 nitrogen and oxygen atoms in total. The van der Waals surface area contributed by atoms with Crippen LogP contribution in [0.25, 0.3) is 0 Å². The number of nitrogens with zero attached hydrogens (tertiary/aromatic N) is 1. The van der Waals surface area contributed by atoms with Gasteiger partial charge in [-0.2, -0.15) is 5.26 Å². The maximum atomic E-state index is 12.1. The van der Waals surface area contributed by atoms with Crippen molar-refractivity contribution in [3.05, 3.63) is 45.8 Å². The number of nitrogens with one attached hydrogen (secondary N) is 1. The van der Waals surface area contributed by atoms with Crippen LogP contribution >= 0.6 is 22.9 Å². The highest BCUT2D eigenvalue weighted by atomic mass is 35.5. The zero-order valence-corrected chi connectivity index (χ0v) is 12.6. The first kappa shape index (κ1) is 15.3. The molecule has 2 aromatic rings. The van der Waals surface area contributed by atoms with Crippen LogP contribution in [0.1, 0.15) is 15.2 Å². The SMILES string of the molecule is N#Cc1ccc(S(=O)(=O)Nc2ccc(C(=O)O)cc2Cl)s1. The maximum absolute atomic E-state index is 12.1. The van der Waals surface area contributed by atoms with Crippen molar-refractivity contribution in [3.63, 3.8) is 0 Å². The number of nitriles is 1. The largest absolute Gasteiger partial charge is 0.478 e. The summed E-state index contributed by atoms with van der Waals surface area (Å²) in [7, 11) is -3.87. The van der Waals surface area contributed by atoms with Crippen molar-refractivity contribution in [1.82, 2.24) is 0 Å². The quantitative estimate of drug-likeness (QED) is 0.888. The molecule has 0 spiro atoms. The van der Waals surface area contributed by atoms with Crippen molar-refractivity contribution in [2.24, 2.45) is 0 Å². The Labute approximate surface area is 129 Å². The van der Waals surface area contributed by atoms with E-state index in [2.05, 4.69) is 4.72 Å². The fraction of sp³-hybridized carbons (Fsp3) is 0. The molecule has 21 heavy (non-hydrogen) atoms. The third kappa shape index (κ3) is 3.33. The van der Waals surface area contributed by atoms with E-state index in [0.29, 0.717) is 0 Å². The molecule has 2 N–H and O–H groups in total. The van der Waals surface area contributed by atoms with Crippen molar-refractivity contribution in [3.8, 4) is 6.07 Å². The second-order valence-electron chi connectivity index (χ2n) is 3.84. The van der Waals surface area contributed by atoms with Crippen molar-refractivity contribution < 1.29 is 18.3 Å². The van der Waals surface area contributed by atoms with Crippen LogP contribution < -0.4 is 4.72 Å². The molecule has 0 saturated carbocycles. The molecule has 0 aliphatic heterocycles. The van der Waals surface area contributed by atoms with Crippen LogP contribution in [0, 0.1) is 11.3 Å². The maximum Gasteiger partial charge on any atom is 0.335 e. The number of anilines is 1. The van der Waals surface area contributed by atoms with Gasteiger partial charge in [0.1, 0.15) is 15.2 Å². The summed E-state index contributed by atoms with van der Waals surface area (Å²) >= 11 is 6.68. The third-order valence-electron chi connectivity index (χ3n) is 2.42. The molecule has 0 aliphatic rings. The number of rotatable bonds is 4. The molecule has 1 aromatic heterocycles. The number of carbonyl (C=O) groups is 1. The van der Waals surface area contributed by atoms with Crippen LogP contribution in [0.5, 0.6) is 0 Å². The molecule has 0 aliphatic carbocycles. The number of carboxylic acids is 1. The zero-order valence-electron chi connectivity index (χ0n) is 10.2. The smallest absolute Gasteiger partial charge is 0.335 e. The first-order chi connectivity index (χ1) is 9.83. The molecule has 0 fully saturated rings. The molecule has 0 amide bonds. The van der Waals surface area contributed by atoms with Gasteiger partial charge in [0.25, 0.3) is 10.0 Å². The van der Waals surface area contributed by atoms with E-state index in [9.17, 15) is 13.2 Å². The third-order valence-corrected chi connectivity index (χ3v) is 5.58. The minimum atomic E-state index is -3.87. The van der Waals surface area contributed by atoms with Gasteiger partial charge in [-0.3, -0.25) is 4.72 Å². The number of sulfonamides is 1. The minimum absolute atomic E-state index is 0.0302. The molecule has 0 radical (unpaired) electrons. The molecule has 0 saturated heterocycles. The van der Waals surface area contributed by atoms with Gasteiger partial charge in [-0.15, -0.1) is 11.3 Å². The predicted molar refractivity (Wildman–Crippen MR) is 78.3 cm³/mol. The fourth-order valence-electron chi connectivity index (χ4n) is 1.45. The Morgan fingerprint density at radius 2 is 2.05 bits per heavy atom. The molecule has 0 bridgehead atoms. The van der Waals surface area contributed by atoms with Gasteiger partial charge in [0.05, 0.1) is 16.3 Å². The van der Waals surface area contributed by atoms with Crippen LogP contribution in [0.4, 0.5) is 5.69 Å². The van der Waals surface area contributed by atoms with Gasteiger partial charge in [-0.05, 0) is 30.3 Å². The second kappa shape index (κ2) is 5.73. The lowest BCUT2D eigenvalue weighted by molar-refractivity contribution is 0.0697. The number of carboxylic acid groups (broad SMARTS) is 1. The Morgan fingerprint density at radius 3 is 2.57 bits per heavy atom. The topological polar surface area (TPSA) is 107 Å². The first-order valence-corrected chi connectivity index (χ1v) is 8.07. The van der Waals surface area contributed by atoms with Crippen LogP contribution in [0.3, 0.4) is 0 Å². The predicted octanol–water partition coefficient (Wildman–Crippen LogP) is 2.77. The van der Waals surface area contributed by atoms with Gasteiger partial charge < -0.3 is 5.11 Å². The first-order valence-electron chi connectivity index (χ1n) is 5.39. The molecule has 9 heteroatoms. The van der Waals surface area contributed by atoms with Gasteiger partial charge in [-0.25, -0.2) is 13.2 Å². The summed E-state index contributed by atoms with van der Waals surface area (Å²) < 4.78 is 26.5. The Bertz CT molecular complexity index is 852. The van der Waals surface area contributed by atoms with E-state index < -0.39 is 16.0 Å². The average Bonchev–Trinajstić information content (AvgIpc) is 2.90. The highest BCUT2D eigenvalue weighted by Crippen LogP contribution is 2.28. The molecule has 1 heterocycles. The number of hydrogen-bond acceptors (Lipinski definition) is 5. The van der Waals surface area contributed by atoms with E-state index in [0.717, 1.165) is 17.4 Å². The van der Waals surface area contributed by atoms with E-state index in [4.69, 9.17) is 22.0 Å². The van der Waals surface area contributed by atoms with Gasteiger partial charge >= 0.3 is 5.97 Å². The van der Waals surface area contributed by atoms with E-state index in [1.807, 2.05) is 6.07 Å². The van der Waals surface area contributed by atoms with Crippen LogP contribution in [0.2, 0.25) is 5.02 Å². The summed E-state index contributed by atoms with van der Waals surface area (Å²) in [4.78, 5) is 11.0. The highest BCUT2D eigenvalue weighted by molar-refractivity contribution is 7.94. The molecule has 108 valence electrons. The van der Waals surface area contributed by atoms with Crippen molar-refractivity contribution in [2.45, 2.75) is 4.21 Å². The van der Waals surface area contributed by atoms with Crippen molar-refractivity contribution in [1.29, 1.82) is 5.26 Å². The van der Waals surface area contributed by atoms with Crippen molar-refractivity contribution >= 4 is 44.6 Å². The fourth-order valence-corrected chi connectivity index (χ4v) is 3.92. The number of benzene rings is 1. The Hall–Kier alpha value is -2.08. The normalized spacial score (nSPS) is 10.9. The number of halogens is 1. The van der Waals surface area contributed by atoms with E-state index in [1.165, 1.54) is 24.3 Å². The van der Waals surface area contributed by atoms with Crippen LogP contribution in [-0.4, -0.2) is 19.5 Å². The van der Waals surface area contributed by atoms with Crippen LogP contribution in [0.15, 0.2) is 34.5 Å². The lowest BCUT2D eigenvalue weighted by Gasteiger charge is -2.08. The summed E-state index contributed by atoms with van der Waals surface area (Å²) in [6, 6.07) is 8.21. The molecular formula is C12H7ClN2O4S2. The van der Waals surface area contributed by atoms with E-state index >= 15 is 0 Å². The number of hydrogen-bond donors (Lipinski definition) is 2. The zero-order chi connectivity index (χ0) is 15.6. The molecule has 2 rings (SSSR count). The van der Waals surface area contributed by atoms with E-state index in [-0.39, 0.29) is 25.4 Å². The molecular weight excluding hydrogens is 336 g/mol. The van der Waals surface area contributed by atoms with Crippen LogP contribution in [-0.2, 0) is 10.0 Å². The monoisotopic (exact) mass is 342 g/mol. The second-order valence-corrected chi connectivity index (χ2v) is 7.24. The minimum Gasteiger partial charge on any atom is -0.478 e. The van der Waals surface area contributed by atoms with Gasteiger partial charge in [0, 0.05) is 0 Å². The molecule has 0 unspecified atom stereocenters. The van der Waals surface area contributed by atoms with Gasteiger partial charge in [0.2, 0.25) is 0 Å². The summed E-state index contributed by atoms with van der Waals surface area (Å²) in [5, 5.41) is 17.5. The van der Waals surface area contributed by atoms with Gasteiger partial charge in [-0.1, -0.05) is 11.6 Å². The summed E-state index contributed by atoms with van der Waals surface area (Å²) in [6.07, 6.45) is 0. The highest BCUT2D eigenvalue weighted by Gasteiger charge is 2.19. The Morgan fingerprint density at radius 1 is 1.33 bits per heavy atom. The summed E-state index contributed by atoms with van der Waals surface area (Å²) in [5.74, 6) is -1.16. The lowest BCUT2D eigenvalue weighted by Crippen LogP contribution is -2.12. The molecule has 1 aromatic carbocycles. The lowest BCUT2D eigenvalue weighted by atomic mass is 10.2. The standard InChI is InChI=1S/C12H7ClN2O4S2/c13-9-5-7(12(16)17)1-3-10(9)15-21(18,19)11-4-2-8(6-14)20-11/h1-5,15H,(H,16,17). The molecule has 0 atom stereocenters.